The first-order valence-electron chi connectivity index (χ1n) is 2.93. The Labute approximate surface area is 119 Å². The van der Waals surface area contributed by atoms with Crippen LogP contribution in [0.4, 0.5) is 17.3 Å². The summed E-state index contributed by atoms with van der Waals surface area (Å²) in [6.45, 7) is -5.42. The van der Waals surface area contributed by atoms with Crippen LogP contribution in [0.1, 0.15) is 0 Å². The van der Waals surface area contributed by atoms with Crippen LogP contribution in [0.3, 0.4) is 0 Å². The second-order valence-corrected chi connectivity index (χ2v) is 2.48. The molecule has 0 unspecified atom stereocenters. The van der Waals surface area contributed by atoms with Gasteiger partial charge in [-0.05, 0) is 11.5 Å². The number of halogens is 5. The molecule has 1 aromatic heterocycles. The van der Waals surface area contributed by atoms with Crippen LogP contribution in [-0.4, -0.2) is 12.0 Å². The molecule has 1 heterocycles. The molecule has 0 aromatic carbocycles. The van der Waals surface area contributed by atoms with Crippen molar-refractivity contribution >= 4 is 24.0 Å². The van der Waals surface area contributed by atoms with Crippen molar-refractivity contribution < 1.29 is 68.7 Å². The summed E-state index contributed by atoms with van der Waals surface area (Å²) in [7, 11) is 0. The number of hydrogen-bond donors (Lipinski definition) is 0. The quantitative estimate of drug-likeness (QED) is 0.344. The minimum Gasteiger partial charge on any atom is -0.445 e. The largest absolute Gasteiger partial charge is 1.00 e. The second kappa shape index (κ2) is 5.09. The van der Waals surface area contributed by atoms with Gasteiger partial charge in [-0.3, -0.25) is 0 Å². The van der Waals surface area contributed by atoms with E-state index in [1.807, 2.05) is 0 Å². The molecule has 0 aliphatic carbocycles. The van der Waals surface area contributed by atoms with Crippen LogP contribution < -0.4 is 56.8 Å². The maximum atomic E-state index is 12.4. The zero-order chi connectivity index (χ0) is 9.35. The van der Waals surface area contributed by atoms with E-state index in [1.165, 1.54) is 0 Å². The first-order chi connectivity index (χ1) is 5.43. The Morgan fingerprint density at radius 3 is 2.15 bits per heavy atom. The molecule has 1 aromatic rings. The molecule has 1 nitrogen and oxygen atoms in total. The van der Waals surface area contributed by atoms with E-state index in [9.17, 15) is 17.3 Å². The van der Waals surface area contributed by atoms with Crippen LogP contribution in [-0.2, 0) is 0 Å². The predicted molar refractivity (Wildman–Crippen MR) is 37.9 cm³/mol. The summed E-state index contributed by atoms with van der Waals surface area (Å²) in [5.41, 5.74) is -1.46. The summed E-state index contributed by atoms with van der Waals surface area (Å²) in [4.78, 5) is 2.85. The molecule has 0 radical (unpaired) electrons. The first-order valence-corrected chi connectivity index (χ1v) is 3.30. The summed E-state index contributed by atoms with van der Waals surface area (Å²) in [5, 5.41) is -0.657. The Morgan fingerprint density at radius 2 is 1.85 bits per heavy atom. The zero-order valence-corrected chi connectivity index (χ0v) is 10.4. The molecule has 1 rings (SSSR count). The van der Waals surface area contributed by atoms with Crippen LogP contribution in [0.5, 0.6) is 0 Å². The van der Waals surface area contributed by atoms with Crippen molar-refractivity contribution in [3.63, 3.8) is 0 Å². The fourth-order valence-corrected chi connectivity index (χ4v) is 0.975. The van der Waals surface area contributed by atoms with Gasteiger partial charge in [0.15, 0.2) is 5.95 Å². The molecule has 0 bridgehead atoms. The van der Waals surface area contributed by atoms with Gasteiger partial charge in [-0.2, -0.15) is 4.39 Å². The van der Waals surface area contributed by atoms with E-state index in [1.54, 1.807) is 0 Å². The van der Waals surface area contributed by atoms with Crippen molar-refractivity contribution in [1.29, 1.82) is 0 Å². The summed E-state index contributed by atoms with van der Waals surface area (Å²) in [6, 6.07) is 0.898. The molecule has 0 amide bonds. The fourth-order valence-electron chi connectivity index (χ4n) is 0.717. The van der Waals surface area contributed by atoms with Gasteiger partial charge >= 0.3 is 58.4 Å². The molecule has 0 spiro atoms. The standard InChI is InChI=1S/C5H2BClF4N.K/c7-3-1-2-12-5(8)4(3)6(9,10)11;/h1-2H;/q-1;+1. The topological polar surface area (TPSA) is 12.9 Å². The van der Waals surface area contributed by atoms with Gasteiger partial charge in [0, 0.05) is 11.2 Å². The van der Waals surface area contributed by atoms with Crippen LogP contribution in [0, 0.1) is 5.95 Å². The first kappa shape index (κ1) is 13.9. The van der Waals surface area contributed by atoms with Gasteiger partial charge < -0.3 is 12.9 Å². The molecule has 0 N–H and O–H groups in total. The molecular weight excluding hydrogens is 235 g/mol. The number of rotatable bonds is 1. The summed E-state index contributed by atoms with van der Waals surface area (Å²) < 4.78 is 48.5. The maximum absolute atomic E-state index is 12.4. The zero-order valence-electron chi connectivity index (χ0n) is 6.57. The van der Waals surface area contributed by atoms with Gasteiger partial charge in [0.2, 0.25) is 0 Å². The SMILES string of the molecule is Fc1nccc(Cl)c1[B-](F)(F)F.[K+]. The van der Waals surface area contributed by atoms with E-state index in [0.29, 0.717) is 0 Å². The van der Waals surface area contributed by atoms with Crippen molar-refractivity contribution in [2.24, 2.45) is 0 Å². The minimum absolute atomic E-state index is 0. The summed E-state index contributed by atoms with van der Waals surface area (Å²) in [6.07, 6.45) is 0.878. The average Bonchev–Trinajstić information content (AvgIpc) is 1.82. The normalized spacial score (nSPS) is 10.8. The minimum atomic E-state index is -5.42. The fraction of sp³-hybridized carbons (Fsp3) is 0. The second-order valence-electron chi connectivity index (χ2n) is 2.07. The van der Waals surface area contributed by atoms with E-state index in [0.717, 1.165) is 12.3 Å². The van der Waals surface area contributed by atoms with E-state index in [4.69, 9.17) is 11.6 Å². The Kier molecular flexibility index (Phi) is 5.42. The van der Waals surface area contributed by atoms with Crippen molar-refractivity contribution in [2.75, 3.05) is 0 Å². The molecule has 66 valence electrons. The molecule has 8 heteroatoms. The van der Waals surface area contributed by atoms with Gasteiger partial charge in [0.1, 0.15) is 0 Å². The predicted octanol–water partition coefficient (Wildman–Crippen LogP) is -1.07. The van der Waals surface area contributed by atoms with Crippen molar-refractivity contribution in [3.05, 3.63) is 23.2 Å². The van der Waals surface area contributed by atoms with Gasteiger partial charge in [0.25, 0.3) is 0 Å². The van der Waals surface area contributed by atoms with Crippen molar-refractivity contribution in [3.8, 4) is 0 Å². The molecule has 0 atom stereocenters. The van der Waals surface area contributed by atoms with Gasteiger partial charge in [0.05, 0.1) is 0 Å². The van der Waals surface area contributed by atoms with Crippen LogP contribution in [0.15, 0.2) is 12.3 Å². The molecular formula is C5H2BClF4KN. The third kappa shape index (κ3) is 3.49. The van der Waals surface area contributed by atoms with E-state index in [2.05, 4.69) is 4.98 Å². The summed E-state index contributed by atoms with van der Waals surface area (Å²) >= 11 is 5.13. The molecule has 0 aliphatic heterocycles. The Morgan fingerprint density at radius 1 is 1.31 bits per heavy atom. The molecule has 13 heavy (non-hydrogen) atoms. The van der Waals surface area contributed by atoms with Gasteiger partial charge in [-0.1, -0.05) is 11.6 Å². The number of aromatic nitrogens is 1. The van der Waals surface area contributed by atoms with Crippen LogP contribution in [0.25, 0.3) is 0 Å². The molecule has 0 aliphatic rings. The van der Waals surface area contributed by atoms with E-state index in [-0.39, 0.29) is 51.4 Å². The van der Waals surface area contributed by atoms with Crippen LogP contribution >= 0.6 is 11.6 Å². The van der Waals surface area contributed by atoms with Crippen LogP contribution in [0.2, 0.25) is 5.02 Å². The van der Waals surface area contributed by atoms with Gasteiger partial charge in [-0.15, -0.1) is 0 Å². The van der Waals surface area contributed by atoms with Gasteiger partial charge in [-0.25, -0.2) is 4.98 Å². The molecule has 0 fully saturated rings. The van der Waals surface area contributed by atoms with E-state index < -0.39 is 23.4 Å². The molecule has 0 saturated carbocycles. The summed E-state index contributed by atoms with van der Waals surface area (Å²) in [5.74, 6) is -1.57. The number of hydrogen-bond acceptors (Lipinski definition) is 1. The average molecular weight is 237 g/mol. The number of pyridine rings is 1. The Balaban J connectivity index is 0.00000144. The van der Waals surface area contributed by atoms with Crippen molar-refractivity contribution in [1.82, 2.24) is 4.98 Å². The maximum Gasteiger partial charge on any atom is 1.00 e. The Hall–Kier alpha value is 0.861. The van der Waals surface area contributed by atoms with Crippen molar-refractivity contribution in [2.45, 2.75) is 0 Å². The molecule has 0 saturated heterocycles. The third-order valence-corrected chi connectivity index (χ3v) is 1.55. The Bertz CT molecular complexity index is 285. The third-order valence-electron chi connectivity index (χ3n) is 1.22. The van der Waals surface area contributed by atoms with E-state index >= 15 is 0 Å². The monoisotopic (exact) mass is 237 g/mol. The smallest absolute Gasteiger partial charge is 0.445 e. The number of nitrogens with zero attached hydrogens (tertiary/aromatic N) is 1.